The fraction of sp³-hybridized carbons (Fsp3) is 0.444. The zero-order valence-corrected chi connectivity index (χ0v) is 16.2. The third-order valence-corrected chi connectivity index (χ3v) is 5.47. The number of rotatable bonds is 5. The topological polar surface area (TPSA) is 96.5 Å². The number of likely N-dealkylation sites (tertiary alicyclic amines) is 1. The van der Waals surface area contributed by atoms with Crippen LogP contribution < -0.4 is 15.4 Å². The lowest BCUT2D eigenvalue weighted by molar-refractivity contribution is 0.0694. The number of hydrogen-bond donors (Lipinski definition) is 2. The molecule has 2 aromatic rings. The number of ether oxygens (including phenoxy) is 1. The van der Waals surface area contributed by atoms with Crippen molar-refractivity contribution in [3.8, 4) is 5.75 Å². The van der Waals surface area contributed by atoms with Crippen LogP contribution >= 0.6 is 11.5 Å². The molecule has 3 rings (SSSR count). The Hall–Kier alpha value is -2.68. The monoisotopic (exact) mass is 389 g/mol. The van der Waals surface area contributed by atoms with Gasteiger partial charge in [-0.15, -0.1) is 5.10 Å². The highest BCUT2D eigenvalue weighted by atomic mass is 32.1. The summed E-state index contributed by atoms with van der Waals surface area (Å²) < 4.78 is 9.05. The number of nitrogens with one attached hydrogen (secondary N) is 2. The maximum atomic E-state index is 12.5. The SMILES string of the molecule is COc1ccccc1NC(=O)NCC1CCN(C(=O)c2snnc2C)CC1. The zero-order valence-electron chi connectivity index (χ0n) is 15.4. The van der Waals surface area contributed by atoms with Crippen LogP contribution in [-0.4, -0.2) is 53.2 Å². The minimum absolute atomic E-state index is 0.00262. The highest BCUT2D eigenvalue weighted by molar-refractivity contribution is 7.07. The third-order valence-electron chi connectivity index (χ3n) is 4.65. The molecule has 3 amide bonds. The van der Waals surface area contributed by atoms with Gasteiger partial charge in [-0.2, -0.15) is 0 Å². The number of piperidine rings is 1. The highest BCUT2D eigenvalue weighted by Crippen LogP contribution is 2.23. The molecule has 144 valence electrons. The number of urea groups is 1. The van der Waals surface area contributed by atoms with Crippen LogP contribution in [0.1, 0.15) is 28.2 Å². The Bertz CT molecular complexity index is 802. The molecule has 1 aromatic heterocycles. The number of aryl methyl sites for hydroxylation is 1. The van der Waals surface area contributed by atoms with Crippen molar-refractivity contribution in [2.75, 3.05) is 32.1 Å². The van der Waals surface area contributed by atoms with Crippen molar-refractivity contribution in [3.05, 3.63) is 34.8 Å². The summed E-state index contributed by atoms with van der Waals surface area (Å²) in [6.07, 6.45) is 1.71. The van der Waals surface area contributed by atoms with Crippen molar-refractivity contribution in [1.82, 2.24) is 19.8 Å². The van der Waals surface area contributed by atoms with Crippen LogP contribution in [0.4, 0.5) is 10.5 Å². The van der Waals surface area contributed by atoms with Crippen LogP contribution in [0, 0.1) is 12.8 Å². The molecular formula is C18H23N5O3S. The Morgan fingerprint density at radius 3 is 2.70 bits per heavy atom. The van der Waals surface area contributed by atoms with Gasteiger partial charge in [0, 0.05) is 19.6 Å². The first-order chi connectivity index (χ1) is 13.1. The van der Waals surface area contributed by atoms with Gasteiger partial charge in [-0.3, -0.25) is 4.79 Å². The summed E-state index contributed by atoms with van der Waals surface area (Å²) in [4.78, 5) is 27.1. The van der Waals surface area contributed by atoms with E-state index in [4.69, 9.17) is 4.74 Å². The zero-order chi connectivity index (χ0) is 19.2. The van der Waals surface area contributed by atoms with Crippen molar-refractivity contribution in [3.63, 3.8) is 0 Å². The minimum Gasteiger partial charge on any atom is -0.495 e. The van der Waals surface area contributed by atoms with E-state index in [-0.39, 0.29) is 11.9 Å². The molecule has 2 heterocycles. The molecule has 0 bridgehead atoms. The van der Waals surface area contributed by atoms with Crippen LogP contribution in [0.25, 0.3) is 0 Å². The van der Waals surface area contributed by atoms with Gasteiger partial charge in [-0.1, -0.05) is 16.6 Å². The number of para-hydroxylation sites is 2. The minimum atomic E-state index is -0.260. The number of carbonyl (C=O) groups excluding carboxylic acids is 2. The van der Waals surface area contributed by atoms with Crippen LogP contribution in [0.5, 0.6) is 5.75 Å². The van der Waals surface area contributed by atoms with Crippen molar-refractivity contribution in [2.45, 2.75) is 19.8 Å². The molecule has 1 aromatic carbocycles. The normalized spacial score (nSPS) is 14.7. The van der Waals surface area contributed by atoms with Crippen LogP contribution in [0.3, 0.4) is 0 Å². The van der Waals surface area contributed by atoms with E-state index in [2.05, 4.69) is 20.2 Å². The molecule has 0 saturated carbocycles. The quantitative estimate of drug-likeness (QED) is 0.819. The Kier molecular flexibility index (Phi) is 6.23. The van der Waals surface area contributed by atoms with Crippen molar-refractivity contribution in [2.24, 2.45) is 5.92 Å². The maximum Gasteiger partial charge on any atom is 0.319 e. The number of aromatic nitrogens is 2. The molecular weight excluding hydrogens is 366 g/mol. The molecule has 2 N–H and O–H groups in total. The molecule has 27 heavy (non-hydrogen) atoms. The summed E-state index contributed by atoms with van der Waals surface area (Å²) in [5.74, 6) is 0.966. The lowest BCUT2D eigenvalue weighted by Gasteiger charge is -2.31. The molecule has 0 unspecified atom stereocenters. The molecule has 0 aliphatic carbocycles. The number of nitrogens with zero attached hydrogens (tertiary/aromatic N) is 3. The van der Waals surface area contributed by atoms with E-state index in [1.807, 2.05) is 17.0 Å². The van der Waals surface area contributed by atoms with Crippen molar-refractivity contribution in [1.29, 1.82) is 0 Å². The summed E-state index contributed by atoms with van der Waals surface area (Å²) in [6, 6.07) is 7.01. The Morgan fingerprint density at radius 2 is 2.04 bits per heavy atom. The fourth-order valence-corrected chi connectivity index (χ4v) is 3.69. The van der Waals surface area contributed by atoms with Gasteiger partial charge >= 0.3 is 6.03 Å². The first-order valence-corrected chi connectivity index (χ1v) is 9.62. The summed E-state index contributed by atoms with van der Waals surface area (Å²) in [5, 5.41) is 9.61. The second kappa shape index (κ2) is 8.81. The molecule has 8 nitrogen and oxygen atoms in total. The van der Waals surface area contributed by atoms with Gasteiger partial charge in [0.1, 0.15) is 10.6 Å². The second-order valence-corrected chi connectivity index (χ2v) is 7.21. The molecule has 0 spiro atoms. The van der Waals surface area contributed by atoms with Crippen molar-refractivity contribution >= 4 is 29.2 Å². The summed E-state index contributed by atoms with van der Waals surface area (Å²) in [5.41, 5.74) is 1.31. The molecule has 9 heteroatoms. The Balaban J connectivity index is 1.43. The first-order valence-electron chi connectivity index (χ1n) is 8.84. The van der Waals surface area contributed by atoms with E-state index in [1.54, 1.807) is 26.2 Å². The second-order valence-electron chi connectivity index (χ2n) is 6.46. The van der Waals surface area contributed by atoms with Gasteiger partial charge in [-0.25, -0.2) is 4.79 Å². The highest BCUT2D eigenvalue weighted by Gasteiger charge is 2.26. The van der Waals surface area contributed by atoms with Crippen LogP contribution in [0.2, 0.25) is 0 Å². The van der Waals surface area contributed by atoms with E-state index in [0.29, 0.717) is 47.6 Å². The summed E-state index contributed by atoms with van der Waals surface area (Å²) in [7, 11) is 1.57. The van der Waals surface area contributed by atoms with E-state index >= 15 is 0 Å². The predicted octanol–water partition coefficient (Wildman–Crippen LogP) is 2.53. The molecule has 1 fully saturated rings. The standard InChI is InChI=1S/C18H23N5O3S/c1-12-16(27-22-21-12)17(24)23-9-7-13(8-10-23)11-19-18(25)20-14-5-3-4-6-15(14)26-2/h3-6,13H,7-11H2,1-2H3,(H2,19,20,25). The maximum absolute atomic E-state index is 12.5. The van der Waals surface area contributed by atoms with Crippen LogP contribution in [0.15, 0.2) is 24.3 Å². The van der Waals surface area contributed by atoms with Gasteiger partial charge in [0.25, 0.3) is 5.91 Å². The van der Waals surface area contributed by atoms with Crippen LogP contribution in [-0.2, 0) is 0 Å². The predicted molar refractivity (Wildman–Crippen MR) is 103 cm³/mol. The van der Waals surface area contributed by atoms with E-state index in [9.17, 15) is 9.59 Å². The largest absolute Gasteiger partial charge is 0.495 e. The number of anilines is 1. The molecule has 1 saturated heterocycles. The Morgan fingerprint density at radius 1 is 1.30 bits per heavy atom. The smallest absolute Gasteiger partial charge is 0.319 e. The number of amides is 3. The number of methoxy groups -OCH3 is 1. The van der Waals surface area contributed by atoms with Gasteiger partial charge < -0.3 is 20.3 Å². The van der Waals surface area contributed by atoms with E-state index < -0.39 is 0 Å². The molecule has 1 aliphatic heterocycles. The van der Waals surface area contributed by atoms with Crippen molar-refractivity contribution < 1.29 is 14.3 Å². The summed E-state index contributed by atoms with van der Waals surface area (Å²) in [6.45, 7) is 3.73. The lowest BCUT2D eigenvalue weighted by Crippen LogP contribution is -2.42. The molecule has 1 aliphatic rings. The number of benzene rings is 1. The Labute approximate surface area is 162 Å². The molecule has 0 atom stereocenters. The fourth-order valence-electron chi connectivity index (χ4n) is 3.06. The van der Waals surface area contributed by atoms with Gasteiger partial charge in [-0.05, 0) is 49.3 Å². The average molecular weight is 389 g/mol. The average Bonchev–Trinajstić information content (AvgIpc) is 3.12. The van der Waals surface area contributed by atoms with Gasteiger partial charge in [0.2, 0.25) is 0 Å². The van der Waals surface area contributed by atoms with Gasteiger partial charge in [0.05, 0.1) is 18.5 Å². The van der Waals surface area contributed by atoms with E-state index in [0.717, 1.165) is 24.4 Å². The first kappa shape index (κ1) is 19.1. The third kappa shape index (κ3) is 4.73. The lowest BCUT2D eigenvalue weighted by atomic mass is 9.96. The number of hydrogen-bond acceptors (Lipinski definition) is 6. The van der Waals surface area contributed by atoms with Gasteiger partial charge in [0.15, 0.2) is 0 Å². The summed E-state index contributed by atoms with van der Waals surface area (Å²) >= 11 is 1.14. The number of carbonyl (C=O) groups is 2. The van der Waals surface area contributed by atoms with E-state index in [1.165, 1.54) is 0 Å². The molecule has 0 radical (unpaired) electrons.